The molecule has 0 aliphatic heterocycles. The molecule has 1 aromatic rings. The van der Waals surface area contributed by atoms with Gasteiger partial charge in [0, 0.05) is 23.7 Å². The molecule has 0 aliphatic rings. The van der Waals surface area contributed by atoms with Crippen molar-refractivity contribution in [3.8, 4) is 0 Å². The van der Waals surface area contributed by atoms with E-state index in [-0.39, 0.29) is 17.5 Å². The number of sulfone groups is 1. The third-order valence-corrected chi connectivity index (χ3v) is 5.14. The van der Waals surface area contributed by atoms with Crippen molar-refractivity contribution in [3.63, 3.8) is 0 Å². The zero-order chi connectivity index (χ0) is 15.0. The molecule has 0 aromatic carbocycles. The van der Waals surface area contributed by atoms with E-state index < -0.39 is 9.84 Å². The molecular weight excluding hydrogens is 272 g/mol. The molecule has 0 radical (unpaired) electrons. The molecule has 1 rings (SSSR count). The Labute approximate surface area is 122 Å². The van der Waals surface area contributed by atoms with Crippen LogP contribution in [0.3, 0.4) is 0 Å². The van der Waals surface area contributed by atoms with E-state index in [0.717, 1.165) is 25.1 Å². The number of hydrogen-bond donors (Lipinski definition) is 1. The fourth-order valence-corrected chi connectivity index (χ4v) is 3.04. The molecule has 0 saturated carbocycles. The molecule has 0 saturated heterocycles. The monoisotopic (exact) mass is 298 g/mol. The topological polar surface area (TPSA) is 59.1 Å². The van der Waals surface area contributed by atoms with Crippen LogP contribution in [0.1, 0.15) is 50.4 Å². The van der Waals surface area contributed by atoms with Crippen LogP contribution in [0.25, 0.3) is 0 Å². The molecule has 1 unspecified atom stereocenters. The summed E-state index contributed by atoms with van der Waals surface area (Å²) in [6, 6.07) is 4.29. The summed E-state index contributed by atoms with van der Waals surface area (Å²) in [6.07, 6.45) is 4.41. The highest BCUT2D eigenvalue weighted by Gasteiger charge is 2.13. The van der Waals surface area contributed by atoms with Gasteiger partial charge in [-0.2, -0.15) is 0 Å². The lowest BCUT2D eigenvalue weighted by atomic mass is 10.0. The second-order valence-corrected chi connectivity index (χ2v) is 7.59. The van der Waals surface area contributed by atoms with Crippen LogP contribution in [-0.4, -0.2) is 31.5 Å². The normalized spacial score (nSPS) is 13.3. The Hall–Kier alpha value is -0.940. The summed E-state index contributed by atoms with van der Waals surface area (Å²) in [5.74, 6) is 0.506. The molecule has 114 valence electrons. The van der Waals surface area contributed by atoms with E-state index >= 15 is 0 Å². The fraction of sp³-hybridized carbons (Fsp3) is 0.667. The smallest absolute Gasteiger partial charge is 0.150 e. The van der Waals surface area contributed by atoms with E-state index in [0.29, 0.717) is 6.42 Å². The first kappa shape index (κ1) is 17.1. The van der Waals surface area contributed by atoms with E-state index in [1.54, 1.807) is 6.92 Å². The summed E-state index contributed by atoms with van der Waals surface area (Å²) in [6.45, 7) is 6.74. The number of hydrogen-bond acceptors (Lipinski definition) is 4. The standard InChI is InChI=1S/C15H26N2O2S/c1-4-9-17-15(7-6-11-20(18,19)5-2)14-8-10-16-13(3)12-14/h8,10,12,15,17H,4-7,9,11H2,1-3H3. The second kappa shape index (κ2) is 8.37. The van der Waals surface area contributed by atoms with Crippen LogP contribution in [0.2, 0.25) is 0 Å². The third-order valence-electron chi connectivity index (χ3n) is 3.35. The van der Waals surface area contributed by atoms with Gasteiger partial charge in [-0.3, -0.25) is 4.98 Å². The van der Waals surface area contributed by atoms with Crippen molar-refractivity contribution in [3.05, 3.63) is 29.6 Å². The maximum Gasteiger partial charge on any atom is 0.150 e. The number of aromatic nitrogens is 1. The number of rotatable bonds is 9. The van der Waals surface area contributed by atoms with Gasteiger partial charge in [-0.05, 0) is 50.4 Å². The van der Waals surface area contributed by atoms with Crippen molar-refractivity contribution in [2.24, 2.45) is 0 Å². The molecule has 4 nitrogen and oxygen atoms in total. The van der Waals surface area contributed by atoms with Gasteiger partial charge in [-0.25, -0.2) is 8.42 Å². The predicted molar refractivity (Wildman–Crippen MR) is 83.6 cm³/mol. The van der Waals surface area contributed by atoms with Gasteiger partial charge < -0.3 is 5.32 Å². The van der Waals surface area contributed by atoms with Gasteiger partial charge >= 0.3 is 0 Å². The van der Waals surface area contributed by atoms with Gasteiger partial charge in [0.05, 0.1) is 5.75 Å². The largest absolute Gasteiger partial charge is 0.310 e. The number of nitrogens with one attached hydrogen (secondary N) is 1. The molecule has 0 spiro atoms. The van der Waals surface area contributed by atoms with Crippen molar-refractivity contribution >= 4 is 9.84 Å². The van der Waals surface area contributed by atoms with Crippen LogP contribution in [0, 0.1) is 6.92 Å². The van der Waals surface area contributed by atoms with E-state index in [4.69, 9.17) is 0 Å². The lowest BCUT2D eigenvalue weighted by Gasteiger charge is -2.19. The zero-order valence-corrected chi connectivity index (χ0v) is 13.5. The van der Waals surface area contributed by atoms with E-state index in [1.807, 2.05) is 19.2 Å². The van der Waals surface area contributed by atoms with Crippen molar-refractivity contribution in [2.75, 3.05) is 18.1 Å². The maximum atomic E-state index is 11.6. The Morgan fingerprint density at radius 3 is 2.70 bits per heavy atom. The van der Waals surface area contributed by atoms with Crippen LogP contribution in [0.5, 0.6) is 0 Å². The lowest BCUT2D eigenvalue weighted by Crippen LogP contribution is -2.23. The molecule has 1 aromatic heterocycles. The minimum Gasteiger partial charge on any atom is -0.310 e. The van der Waals surface area contributed by atoms with Gasteiger partial charge in [0.1, 0.15) is 9.84 Å². The Morgan fingerprint density at radius 1 is 1.35 bits per heavy atom. The molecule has 1 heterocycles. The quantitative estimate of drug-likeness (QED) is 0.761. The van der Waals surface area contributed by atoms with Crippen molar-refractivity contribution in [2.45, 2.75) is 46.1 Å². The summed E-state index contributed by atoms with van der Waals surface area (Å²) >= 11 is 0. The van der Waals surface area contributed by atoms with Gasteiger partial charge in [-0.1, -0.05) is 13.8 Å². The lowest BCUT2D eigenvalue weighted by molar-refractivity contribution is 0.491. The molecule has 0 fully saturated rings. The molecule has 1 atom stereocenters. The van der Waals surface area contributed by atoms with E-state index in [1.165, 1.54) is 5.56 Å². The first-order valence-corrected chi connectivity index (χ1v) is 9.17. The molecule has 5 heteroatoms. The van der Waals surface area contributed by atoms with Gasteiger partial charge in [0.15, 0.2) is 0 Å². The number of pyridine rings is 1. The van der Waals surface area contributed by atoms with Crippen LogP contribution >= 0.6 is 0 Å². The van der Waals surface area contributed by atoms with E-state index in [9.17, 15) is 8.42 Å². The molecule has 1 N–H and O–H groups in total. The third kappa shape index (κ3) is 6.01. The maximum absolute atomic E-state index is 11.6. The Bertz CT molecular complexity index is 500. The van der Waals surface area contributed by atoms with Crippen LogP contribution in [-0.2, 0) is 9.84 Å². The van der Waals surface area contributed by atoms with Gasteiger partial charge in [0.25, 0.3) is 0 Å². The molecule has 0 bridgehead atoms. The van der Waals surface area contributed by atoms with Crippen LogP contribution < -0.4 is 5.32 Å². The fourth-order valence-electron chi connectivity index (χ4n) is 2.14. The highest BCUT2D eigenvalue weighted by atomic mass is 32.2. The Morgan fingerprint density at radius 2 is 2.10 bits per heavy atom. The summed E-state index contributed by atoms with van der Waals surface area (Å²) < 4.78 is 23.1. The second-order valence-electron chi connectivity index (χ2n) is 5.12. The van der Waals surface area contributed by atoms with Crippen molar-refractivity contribution in [1.29, 1.82) is 0 Å². The average Bonchev–Trinajstić information content (AvgIpc) is 2.42. The Balaban J connectivity index is 2.65. The predicted octanol–water partition coefficient (Wildman–Crippen LogP) is 2.65. The minimum atomic E-state index is -2.87. The molecule has 0 aliphatic carbocycles. The summed E-state index contributed by atoms with van der Waals surface area (Å²) in [4.78, 5) is 4.21. The number of nitrogens with zero attached hydrogens (tertiary/aromatic N) is 1. The highest BCUT2D eigenvalue weighted by molar-refractivity contribution is 7.91. The summed E-state index contributed by atoms with van der Waals surface area (Å²) in [5.41, 5.74) is 2.19. The first-order chi connectivity index (χ1) is 9.48. The van der Waals surface area contributed by atoms with Crippen LogP contribution in [0.4, 0.5) is 0 Å². The molecule has 0 amide bonds. The highest BCUT2D eigenvalue weighted by Crippen LogP contribution is 2.19. The molecule has 20 heavy (non-hydrogen) atoms. The summed E-state index contributed by atoms with van der Waals surface area (Å²) in [7, 11) is -2.87. The van der Waals surface area contributed by atoms with Crippen LogP contribution in [0.15, 0.2) is 18.3 Å². The first-order valence-electron chi connectivity index (χ1n) is 7.35. The van der Waals surface area contributed by atoms with Gasteiger partial charge in [0.2, 0.25) is 0 Å². The van der Waals surface area contributed by atoms with Crippen molar-refractivity contribution < 1.29 is 8.42 Å². The zero-order valence-electron chi connectivity index (χ0n) is 12.7. The number of aryl methyl sites for hydroxylation is 1. The van der Waals surface area contributed by atoms with E-state index in [2.05, 4.69) is 23.3 Å². The average molecular weight is 298 g/mol. The SMILES string of the molecule is CCCNC(CCCS(=O)(=O)CC)c1ccnc(C)c1. The van der Waals surface area contributed by atoms with Gasteiger partial charge in [-0.15, -0.1) is 0 Å². The Kier molecular flexibility index (Phi) is 7.16. The molecular formula is C15H26N2O2S. The minimum absolute atomic E-state index is 0.212. The van der Waals surface area contributed by atoms with Crippen molar-refractivity contribution in [1.82, 2.24) is 10.3 Å². The summed E-state index contributed by atoms with van der Waals surface area (Å²) in [5, 5.41) is 3.49.